The zero-order valence-corrected chi connectivity index (χ0v) is 9.48. The first kappa shape index (κ1) is 12.3. The van der Waals surface area contributed by atoms with Crippen LogP contribution in [0.25, 0.3) is 0 Å². The molecule has 0 aromatic carbocycles. The summed E-state index contributed by atoms with van der Waals surface area (Å²) in [7, 11) is 0. The summed E-state index contributed by atoms with van der Waals surface area (Å²) in [6, 6.07) is 3.98. The molecule has 1 unspecified atom stereocenters. The Labute approximate surface area is 98.9 Å². The molecule has 1 aromatic rings. The molecule has 0 aliphatic carbocycles. The average molecular weight is 232 g/mol. The molecule has 2 nitrogen and oxygen atoms in total. The summed E-state index contributed by atoms with van der Waals surface area (Å²) in [5.41, 5.74) is 0. The highest BCUT2D eigenvalue weighted by molar-refractivity contribution is 7.10. The lowest BCUT2D eigenvalue weighted by molar-refractivity contribution is -0.131. The van der Waals surface area contributed by atoms with E-state index in [4.69, 9.17) is 11.5 Å². The molecule has 82 valence electrons. The molecule has 0 radical (unpaired) electrons. The topological polar surface area (TPSA) is 37.3 Å². The number of hydrogen-bond donors (Lipinski definition) is 1. The maximum atomic E-state index is 10.2. The highest BCUT2D eigenvalue weighted by Gasteiger charge is 2.06. The summed E-state index contributed by atoms with van der Waals surface area (Å²) in [6.07, 6.45) is 12.3. The SMILES string of the molecule is C#CC(C/C=C/C=C/C(=O)O)c1cccs1. The van der Waals surface area contributed by atoms with E-state index in [9.17, 15) is 4.79 Å². The van der Waals surface area contributed by atoms with Crippen LogP contribution < -0.4 is 0 Å². The fourth-order valence-corrected chi connectivity index (χ4v) is 1.99. The van der Waals surface area contributed by atoms with Crippen molar-refractivity contribution in [3.05, 3.63) is 46.7 Å². The smallest absolute Gasteiger partial charge is 0.328 e. The van der Waals surface area contributed by atoms with Gasteiger partial charge in [0, 0.05) is 11.0 Å². The molecule has 0 fully saturated rings. The van der Waals surface area contributed by atoms with E-state index in [0.29, 0.717) is 0 Å². The molecule has 1 atom stereocenters. The van der Waals surface area contributed by atoms with Crippen molar-refractivity contribution < 1.29 is 9.90 Å². The van der Waals surface area contributed by atoms with E-state index in [1.54, 1.807) is 17.4 Å². The van der Waals surface area contributed by atoms with Crippen molar-refractivity contribution in [2.75, 3.05) is 0 Å². The Kier molecular flexibility index (Phi) is 5.10. The number of carboxylic acids is 1. The van der Waals surface area contributed by atoms with E-state index in [1.807, 2.05) is 23.6 Å². The van der Waals surface area contributed by atoms with Crippen molar-refractivity contribution in [1.29, 1.82) is 0 Å². The Morgan fingerprint density at radius 3 is 3.00 bits per heavy atom. The van der Waals surface area contributed by atoms with Gasteiger partial charge in [0.15, 0.2) is 0 Å². The first-order chi connectivity index (χ1) is 7.74. The van der Waals surface area contributed by atoms with Gasteiger partial charge in [-0.15, -0.1) is 17.8 Å². The standard InChI is InChI=1S/C13H12O2S/c1-2-11(12-8-6-10-16-12)7-4-3-5-9-13(14)15/h1,3-6,8-11H,7H2,(H,14,15)/b4-3+,9-5+. The Bertz CT molecular complexity index is 421. The predicted molar refractivity (Wildman–Crippen MR) is 66.4 cm³/mol. The highest BCUT2D eigenvalue weighted by Crippen LogP contribution is 2.23. The van der Waals surface area contributed by atoms with E-state index in [-0.39, 0.29) is 5.92 Å². The van der Waals surface area contributed by atoms with E-state index in [2.05, 4.69) is 5.92 Å². The Morgan fingerprint density at radius 2 is 2.44 bits per heavy atom. The van der Waals surface area contributed by atoms with Crippen molar-refractivity contribution in [1.82, 2.24) is 0 Å². The molecule has 3 heteroatoms. The Morgan fingerprint density at radius 1 is 1.62 bits per heavy atom. The van der Waals surface area contributed by atoms with Crippen LogP contribution >= 0.6 is 11.3 Å². The van der Waals surface area contributed by atoms with Gasteiger partial charge in [-0.25, -0.2) is 4.79 Å². The number of terminal acetylenes is 1. The maximum Gasteiger partial charge on any atom is 0.328 e. The maximum absolute atomic E-state index is 10.2. The lowest BCUT2D eigenvalue weighted by Gasteiger charge is -2.03. The number of aliphatic carboxylic acids is 1. The largest absolute Gasteiger partial charge is 0.478 e. The van der Waals surface area contributed by atoms with Crippen molar-refractivity contribution in [3.63, 3.8) is 0 Å². The molecule has 0 amide bonds. The number of carbonyl (C=O) groups is 1. The molecule has 1 N–H and O–H groups in total. The summed E-state index contributed by atoms with van der Waals surface area (Å²) in [5.74, 6) is 1.85. The van der Waals surface area contributed by atoms with Crippen molar-refractivity contribution in [2.45, 2.75) is 12.3 Å². The van der Waals surface area contributed by atoms with Crippen molar-refractivity contribution >= 4 is 17.3 Å². The van der Waals surface area contributed by atoms with E-state index >= 15 is 0 Å². The van der Waals surface area contributed by atoms with Gasteiger partial charge >= 0.3 is 5.97 Å². The summed E-state index contributed by atoms with van der Waals surface area (Å²) in [6.45, 7) is 0. The molecule has 0 saturated heterocycles. The lowest BCUT2D eigenvalue weighted by atomic mass is 10.0. The zero-order chi connectivity index (χ0) is 11.8. The number of allylic oxidation sites excluding steroid dienone is 3. The quantitative estimate of drug-likeness (QED) is 0.481. The van der Waals surface area contributed by atoms with E-state index in [0.717, 1.165) is 17.4 Å². The van der Waals surface area contributed by atoms with Gasteiger partial charge in [0.1, 0.15) is 0 Å². The molecule has 1 aromatic heterocycles. The van der Waals surface area contributed by atoms with E-state index in [1.165, 1.54) is 6.08 Å². The fraction of sp³-hybridized carbons (Fsp3) is 0.154. The number of hydrogen-bond acceptors (Lipinski definition) is 2. The summed E-state index contributed by atoms with van der Waals surface area (Å²) in [4.78, 5) is 11.3. The molecule has 0 aliphatic heterocycles. The van der Waals surface area contributed by atoms with Crippen LogP contribution in [0.4, 0.5) is 0 Å². The van der Waals surface area contributed by atoms with Crippen molar-refractivity contribution in [3.8, 4) is 12.3 Å². The second-order valence-corrected chi connectivity index (χ2v) is 4.08. The third-order valence-electron chi connectivity index (χ3n) is 1.95. The summed E-state index contributed by atoms with van der Waals surface area (Å²) < 4.78 is 0. The second kappa shape index (κ2) is 6.65. The fourth-order valence-electron chi connectivity index (χ4n) is 1.19. The van der Waals surface area contributed by atoms with Gasteiger partial charge in [-0.05, 0) is 17.9 Å². The Balaban J connectivity index is 2.48. The third-order valence-corrected chi connectivity index (χ3v) is 2.93. The van der Waals surface area contributed by atoms with Crippen LogP contribution in [0.3, 0.4) is 0 Å². The first-order valence-corrected chi connectivity index (χ1v) is 5.67. The van der Waals surface area contributed by atoms with Gasteiger partial charge in [0.25, 0.3) is 0 Å². The molecule has 0 bridgehead atoms. The first-order valence-electron chi connectivity index (χ1n) is 4.79. The van der Waals surface area contributed by atoms with Crippen molar-refractivity contribution in [2.24, 2.45) is 0 Å². The Hall–Kier alpha value is -1.79. The lowest BCUT2D eigenvalue weighted by Crippen LogP contribution is -1.89. The molecule has 16 heavy (non-hydrogen) atoms. The van der Waals surface area contributed by atoms with Gasteiger partial charge in [-0.1, -0.05) is 30.2 Å². The number of thiophene rings is 1. The highest BCUT2D eigenvalue weighted by atomic mass is 32.1. The summed E-state index contributed by atoms with van der Waals surface area (Å²) >= 11 is 1.64. The number of carboxylic acid groups (broad SMARTS) is 1. The normalized spacial score (nSPS) is 12.9. The zero-order valence-electron chi connectivity index (χ0n) is 8.67. The predicted octanol–water partition coefficient (Wildman–Crippen LogP) is 3.05. The molecule has 1 heterocycles. The minimum absolute atomic E-state index is 0.0782. The van der Waals surface area contributed by atoms with E-state index < -0.39 is 5.97 Å². The molecule has 0 saturated carbocycles. The summed E-state index contributed by atoms with van der Waals surface area (Å²) in [5, 5.41) is 10.4. The third kappa shape index (κ3) is 4.16. The van der Waals surface area contributed by atoms with Crippen LogP contribution in [0.5, 0.6) is 0 Å². The van der Waals surface area contributed by atoms with Gasteiger partial charge in [0.05, 0.1) is 5.92 Å². The minimum atomic E-state index is -0.948. The molecule has 1 rings (SSSR count). The number of rotatable bonds is 5. The monoisotopic (exact) mass is 232 g/mol. The molecular weight excluding hydrogens is 220 g/mol. The van der Waals surface area contributed by atoms with Crippen LogP contribution in [-0.4, -0.2) is 11.1 Å². The van der Waals surface area contributed by atoms with Gasteiger partial charge in [-0.3, -0.25) is 0 Å². The van der Waals surface area contributed by atoms with Crippen LogP contribution in [0.15, 0.2) is 41.8 Å². The molecule has 0 aliphatic rings. The average Bonchev–Trinajstić information content (AvgIpc) is 2.76. The van der Waals surface area contributed by atoms with Gasteiger partial charge in [-0.2, -0.15) is 0 Å². The van der Waals surface area contributed by atoms with Gasteiger partial charge < -0.3 is 5.11 Å². The minimum Gasteiger partial charge on any atom is -0.478 e. The van der Waals surface area contributed by atoms with Crippen LogP contribution in [0.1, 0.15) is 17.2 Å². The second-order valence-electron chi connectivity index (χ2n) is 3.10. The van der Waals surface area contributed by atoms with Gasteiger partial charge in [0.2, 0.25) is 0 Å². The van der Waals surface area contributed by atoms with Crippen LogP contribution in [-0.2, 0) is 4.79 Å². The van der Waals surface area contributed by atoms with Crippen LogP contribution in [0.2, 0.25) is 0 Å². The van der Waals surface area contributed by atoms with Crippen LogP contribution in [0, 0.1) is 12.3 Å². The molecule has 0 spiro atoms. The molecular formula is C13H12O2S.